The Bertz CT molecular complexity index is 1370. The maximum atomic E-state index is 13.4. The van der Waals surface area contributed by atoms with Crippen molar-refractivity contribution in [3.05, 3.63) is 0 Å². The first-order valence-electron chi connectivity index (χ1n) is 39.5. The number of esters is 2. The van der Waals surface area contributed by atoms with Gasteiger partial charge in [-0.05, 0) is 157 Å². The molecule has 4 rings (SSSR count). The van der Waals surface area contributed by atoms with Gasteiger partial charge in [-0.1, -0.05) is 272 Å². The Kier molecular flexibility index (Phi) is 47.8. The van der Waals surface area contributed by atoms with Crippen LogP contribution in [0.4, 0.5) is 0 Å². The number of carbonyl (C=O) groups is 2. The summed E-state index contributed by atoms with van der Waals surface area (Å²) in [5.41, 5.74) is 0. The summed E-state index contributed by atoms with van der Waals surface area (Å²) >= 11 is 0. The second kappa shape index (κ2) is 53.2. The van der Waals surface area contributed by atoms with Crippen molar-refractivity contribution < 1.29 is 28.5 Å². The molecule has 4 aliphatic rings. The van der Waals surface area contributed by atoms with E-state index < -0.39 is 0 Å². The van der Waals surface area contributed by atoms with Gasteiger partial charge in [-0.3, -0.25) is 14.5 Å². The third kappa shape index (κ3) is 39.8. The van der Waals surface area contributed by atoms with Gasteiger partial charge >= 0.3 is 11.9 Å². The SMILES string of the molecule is CCCC1CCC(CCCCC(CCCCC2CCC(CCC)CC2)OC(=O)CCCCCCCN(CCCCCCCC(=O)OC(CCCCC2CCC(CCC)CC2)CCCCC2CCC(CCC)CC2)CCCN(CCOC)CCOC)CC1. The zero-order chi connectivity index (χ0) is 62.0. The number of carbonyl (C=O) groups excluding carboxylic acids is 2. The fraction of sp³-hybridized carbons (Fsp3) is 0.975. The van der Waals surface area contributed by atoms with E-state index in [-0.39, 0.29) is 24.1 Å². The van der Waals surface area contributed by atoms with Gasteiger partial charge in [-0.2, -0.15) is 0 Å². The van der Waals surface area contributed by atoms with E-state index in [1.54, 1.807) is 14.2 Å². The number of hydrogen-bond acceptors (Lipinski definition) is 8. The van der Waals surface area contributed by atoms with E-state index in [0.717, 1.165) is 158 Å². The molecule has 0 spiro atoms. The van der Waals surface area contributed by atoms with Gasteiger partial charge in [0, 0.05) is 40.2 Å². The third-order valence-corrected chi connectivity index (χ3v) is 22.7. The minimum absolute atomic E-state index is 0.0599. The molecule has 0 aromatic heterocycles. The van der Waals surface area contributed by atoms with E-state index in [1.807, 2.05) is 0 Å². The molecule has 0 aromatic rings. The minimum atomic E-state index is 0.0599. The quantitative estimate of drug-likeness (QED) is 0.0440. The topological polar surface area (TPSA) is 77.5 Å². The highest BCUT2D eigenvalue weighted by molar-refractivity contribution is 5.69. The predicted octanol–water partition coefficient (Wildman–Crippen LogP) is 22.4. The molecule has 0 radical (unpaired) electrons. The summed E-state index contributed by atoms with van der Waals surface area (Å²) in [6.45, 7) is 17.3. The first kappa shape index (κ1) is 78.2. The van der Waals surface area contributed by atoms with E-state index in [4.69, 9.17) is 18.9 Å². The number of methoxy groups -OCH3 is 2. The fourth-order valence-corrected chi connectivity index (χ4v) is 17.0. The first-order valence-corrected chi connectivity index (χ1v) is 39.5. The lowest BCUT2D eigenvalue weighted by Gasteiger charge is -2.28. The number of unbranched alkanes of at least 4 members (excludes halogenated alkanes) is 12. The molecule has 0 saturated heterocycles. The molecule has 0 aliphatic heterocycles. The molecular weight excluding hydrogens is 1070 g/mol. The monoisotopic (exact) mass is 1220 g/mol. The second-order valence-corrected chi connectivity index (χ2v) is 30.1. The van der Waals surface area contributed by atoms with Crippen LogP contribution in [-0.4, -0.2) is 101 Å². The van der Waals surface area contributed by atoms with E-state index in [0.29, 0.717) is 12.8 Å². The van der Waals surface area contributed by atoms with Crippen molar-refractivity contribution in [3.8, 4) is 0 Å². The van der Waals surface area contributed by atoms with Crippen LogP contribution in [0.5, 0.6) is 0 Å². The Morgan fingerprint density at radius 2 is 0.540 bits per heavy atom. The van der Waals surface area contributed by atoms with Gasteiger partial charge in [0.1, 0.15) is 12.2 Å². The highest BCUT2D eigenvalue weighted by Gasteiger charge is 2.25. The van der Waals surface area contributed by atoms with Crippen molar-refractivity contribution in [1.29, 1.82) is 0 Å². The number of nitrogens with zero attached hydrogens (tertiary/aromatic N) is 2. The third-order valence-electron chi connectivity index (χ3n) is 22.7. The largest absolute Gasteiger partial charge is 0.462 e. The molecule has 0 N–H and O–H groups in total. The molecule has 512 valence electrons. The average Bonchev–Trinajstić information content (AvgIpc) is 3.59. The molecule has 0 aromatic carbocycles. The van der Waals surface area contributed by atoms with E-state index in [1.165, 1.54) is 270 Å². The second-order valence-electron chi connectivity index (χ2n) is 30.1. The van der Waals surface area contributed by atoms with Crippen LogP contribution in [0, 0.1) is 47.3 Å². The molecule has 8 nitrogen and oxygen atoms in total. The lowest BCUT2D eigenvalue weighted by Crippen LogP contribution is -2.34. The Hall–Kier alpha value is -1.22. The van der Waals surface area contributed by atoms with Gasteiger partial charge in [0.25, 0.3) is 0 Å². The van der Waals surface area contributed by atoms with Crippen molar-refractivity contribution in [1.82, 2.24) is 9.80 Å². The van der Waals surface area contributed by atoms with Crippen LogP contribution in [-0.2, 0) is 28.5 Å². The van der Waals surface area contributed by atoms with Gasteiger partial charge in [0.15, 0.2) is 0 Å². The summed E-state index contributed by atoms with van der Waals surface area (Å²) in [4.78, 5) is 32.0. The molecule has 0 amide bonds. The van der Waals surface area contributed by atoms with Gasteiger partial charge in [-0.15, -0.1) is 0 Å². The van der Waals surface area contributed by atoms with Crippen LogP contribution in [0.25, 0.3) is 0 Å². The molecule has 0 atom stereocenters. The minimum Gasteiger partial charge on any atom is -0.462 e. The fourth-order valence-electron chi connectivity index (χ4n) is 17.0. The molecule has 0 unspecified atom stereocenters. The zero-order valence-electron chi connectivity index (χ0n) is 59.3. The van der Waals surface area contributed by atoms with Gasteiger partial charge in [-0.25, -0.2) is 0 Å². The maximum absolute atomic E-state index is 13.4. The van der Waals surface area contributed by atoms with Gasteiger partial charge < -0.3 is 23.8 Å². The Labute approximate surface area is 541 Å². The normalized spacial score (nSPS) is 23.5. The average molecular weight is 1220 g/mol. The smallest absolute Gasteiger partial charge is 0.306 e. The molecule has 87 heavy (non-hydrogen) atoms. The summed E-state index contributed by atoms with van der Waals surface area (Å²) in [6.07, 6.45) is 67.9. The summed E-state index contributed by atoms with van der Waals surface area (Å²) in [6, 6.07) is 0. The van der Waals surface area contributed by atoms with Crippen LogP contribution < -0.4 is 0 Å². The highest BCUT2D eigenvalue weighted by atomic mass is 16.5. The van der Waals surface area contributed by atoms with Crippen molar-refractivity contribution in [2.24, 2.45) is 47.3 Å². The number of rotatable bonds is 56. The zero-order valence-corrected chi connectivity index (χ0v) is 59.3. The van der Waals surface area contributed by atoms with Crippen LogP contribution in [0.2, 0.25) is 0 Å². The molecule has 8 heteroatoms. The van der Waals surface area contributed by atoms with Gasteiger partial charge in [0.05, 0.1) is 13.2 Å². The molecule has 0 bridgehead atoms. The Balaban J connectivity index is 1.14. The number of hydrogen-bond donors (Lipinski definition) is 0. The molecule has 4 aliphatic carbocycles. The molecule has 4 fully saturated rings. The Morgan fingerprint density at radius 1 is 0.299 bits per heavy atom. The lowest BCUT2D eigenvalue weighted by atomic mass is 9.78. The Morgan fingerprint density at radius 3 is 0.816 bits per heavy atom. The van der Waals surface area contributed by atoms with Crippen molar-refractivity contribution in [2.75, 3.05) is 66.7 Å². The van der Waals surface area contributed by atoms with Crippen molar-refractivity contribution >= 4 is 11.9 Å². The molecule has 4 saturated carbocycles. The van der Waals surface area contributed by atoms with Crippen LogP contribution in [0.1, 0.15) is 368 Å². The van der Waals surface area contributed by atoms with Crippen LogP contribution >= 0.6 is 0 Å². The lowest BCUT2D eigenvalue weighted by molar-refractivity contribution is -0.151. The first-order chi connectivity index (χ1) is 42.7. The summed E-state index contributed by atoms with van der Waals surface area (Å²) < 4.78 is 23.6. The predicted molar refractivity (Wildman–Crippen MR) is 372 cm³/mol. The molecule has 0 heterocycles. The van der Waals surface area contributed by atoms with Crippen LogP contribution in [0.15, 0.2) is 0 Å². The summed E-state index contributed by atoms with van der Waals surface area (Å²) in [5.74, 6) is 7.76. The van der Waals surface area contributed by atoms with E-state index in [9.17, 15) is 9.59 Å². The van der Waals surface area contributed by atoms with Crippen LogP contribution in [0.3, 0.4) is 0 Å². The van der Waals surface area contributed by atoms with E-state index >= 15 is 0 Å². The maximum Gasteiger partial charge on any atom is 0.306 e. The summed E-state index contributed by atoms with van der Waals surface area (Å²) in [5, 5.41) is 0. The molecular formula is C79H150N2O6. The summed E-state index contributed by atoms with van der Waals surface area (Å²) in [7, 11) is 3.60. The number of ether oxygens (including phenoxy) is 4. The van der Waals surface area contributed by atoms with Gasteiger partial charge in [0.2, 0.25) is 0 Å². The van der Waals surface area contributed by atoms with Crippen molar-refractivity contribution in [3.63, 3.8) is 0 Å². The highest BCUT2D eigenvalue weighted by Crippen LogP contribution is 2.38. The van der Waals surface area contributed by atoms with Crippen molar-refractivity contribution in [2.45, 2.75) is 380 Å². The van der Waals surface area contributed by atoms with E-state index in [2.05, 4.69) is 37.5 Å². The standard InChI is InChI=1S/C79H150N2O6/c1-7-30-68-44-52-72(53-45-68)34-19-23-38-76(39-24-20-35-73-54-46-69(31-8-2)47-55-73)86-78(82)42-17-13-11-15-27-60-80(62-29-63-81(64-66-84-5)65-67-85-6)61-28-16-12-14-18-43-79(83)87-77(40-25-21-36-74-56-48-70(32-9-3)49-57-74)41-26-22-37-75-58-50-71(33-10-4)51-59-75/h68-77H,7-67H2,1-6H3.